The standard InChI is InChI=1S/C31H42/c1-29(2,3)25-18-24(19-26(20-25)30(4,5)6)27-13-11-12-23-16-22(17-28(23)27)21-31(7)14-9-8-10-15-31/h11-13,17-20H,8-10,14-16,21H2,1-7H3. The monoisotopic (exact) mass is 414 g/mol. The molecule has 0 heterocycles. The Morgan fingerprint density at radius 2 is 1.42 bits per heavy atom. The van der Waals surface area contributed by atoms with Crippen LogP contribution in [0.4, 0.5) is 0 Å². The van der Waals surface area contributed by atoms with Crippen molar-refractivity contribution in [2.45, 2.75) is 104 Å². The number of rotatable bonds is 3. The summed E-state index contributed by atoms with van der Waals surface area (Å²) in [4.78, 5) is 0. The lowest BCUT2D eigenvalue weighted by molar-refractivity contribution is 0.214. The zero-order valence-corrected chi connectivity index (χ0v) is 21.0. The van der Waals surface area contributed by atoms with Crippen molar-refractivity contribution in [1.82, 2.24) is 0 Å². The first-order chi connectivity index (χ1) is 14.4. The largest absolute Gasteiger partial charge is 0.0646 e. The Balaban J connectivity index is 1.75. The minimum atomic E-state index is 0.143. The SMILES string of the molecule is CC1(CC2=Cc3c(cccc3-c3cc(C(C)(C)C)cc(C(C)(C)C)c3)C2)CCCCC1. The minimum absolute atomic E-state index is 0.143. The molecule has 0 amide bonds. The number of fused-ring (bicyclic) bond motifs is 1. The molecule has 0 radical (unpaired) electrons. The summed E-state index contributed by atoms with van der Waals surface area (Å²) in [5.74, 6) is 0. The van der Waals surface area contributed by atoms with Gasteiger partial charge in [0, 0.05) is 0 Å². The molecule has 0 saturated heterocycles. The van der Waals surface area contributed by atoms with Crippen molar-refractivity contribution in [1.29, 1.82) is 0 Å². The molecule has 166 valence electrons. The normalized spacial score (nSPS) is 18.6. The van der Waals surface area contributed by atoms with Crippen molar-refractivity contribution >= 4 is 6.08 Å². The van der Waals surface area contributed by atoms with E-state index in [0.29, 0.717) is 5.41 Å². The fourth-order valence-corrected chi connectivity index (χ4v) is 5.58. The lowest BCUT2D eigenvalue weighted by atomic mass is 9.71. The van der Waals surface area contributed by atoms with Gasteiger partial charge in [-0.2, -0.15) is 0 Å². The third-order valence-corrected chi connectivity index (χ3v) is 7.65. The number of hydrogen-bond acceptors (Lipinski definition) is 0. The molecule has 0 aromatic heterocycles. The fourth-order valence-electron chi connectivity index (χ4n) is 5.58. The average molecular weight is 415 g/mol. The third kappa shape index (κ3) is 4.84. The van der Waals surface area contributed by atoms with E-state index in [1.165, 1.54) is 71.9 Å². The predicted octanol–water partition coefficient (Wildman–Crippen LogP) is 9.25. The van der Waals surface area contributed by atoms with Crippen LogP contribution in [0.5, 0.6) is 0 Å². The Kier molecular flexibility index (Phi) is 5.74. The van der Waals surface area contributed by atoms with Gasteiger partial charge in [-0.3, -0.25) is 0 Å². The van der Waals surface area contributed by atoms with Crippen LogP contribution < -0.4 is 0 Å². The van der Waals surface area contributed by atoms with Gasteiger partial charge in [0.1, 0.15) is 0 Å². The van der Waals surface area contributed by atoms with Gasteiger partial charge < -0.3 is 0 Å². The molecule has 0 atom stereocenters. The van der Waals surface area contributed by atoms with Crippen LogP contribution in [0.3, 0.4) is 0 Å². The molecule has 0 nitrogen and oxygen atoms in total. The first-order valence-corrected chi connectivity index (χ1v) is 12.4. The van der Waals surface area contributed by atoms with Crippen molar-refractivity contribution in [3.63, 3.8) is 0 Å². The van der Waals surface area contributed by atoms with Gasteiger partial charge >= 0.3 is 0 Å². The predicted molar refractivity (Wildman–Crippen MR) is 137 cm³/mol. The highest BCUT2D eigenvalue weighted by Gasteiger charge is 2.30. The third-order valence-electron chi connectivity index (χ3n) is 7.65. The summed E-state index contributed by atoms with van der Waals surface area (Å²) in [6, 6.07) is 14.3. The summed E-state index contributed by atoms with van der Waals surface area (Å²) in [6.07, 6.45) is 12.0. The molecule has 2 aromatic rings. The Morgan fingerprint density at radius 1 is 0.806 bits per heavy atom. The number of allylic oxidation sites excluding steroid dienone is 1. The first-order valence-electron chi connectivity index (χ1n) is 12.4. The van der Waals surface area contributed by atoms with Crippen molar-refractivity contribution in [2.75, 3.05) is 0 Å². The van der Waals surface area contributed by atoms with Crippen LogP contribution in [0.15, 0.2) is 42.0 Å². The van der Waals surface area contributed by atoms with Gasteiger partial charge in [0.2, 0.25) is 0 Å². The van der Waals surface area contributed by atoms with Crippen LogP contribution in [0, 0.1) is 5.41 Å². The van der Waals surface area contributed by atoms with E-state index in [0.717, 1.165) is 6.42 Å². The highest BCUT2D eigenvalue weighted by atomic mass is 14.3. The molecule has 2 aromatic carbocycles. The van der Waals surface area contributed by atoms with E-state index in [9.17, 15) is 0 Å². The molecule has 0 unspecified atom stereocenters. The summed E-state index contributed by atoms with van der Waals surface area (Å²) >= 11 is 0. The average Bonchev–Trinajstić information content (AvgIpc) is 3.08. The van der Waals surface area contributed by atoms with Gasteiger partial charge in [-0.25, -0.2) is 0 Å². The van der Waals surface area contributed by atoms with Gasteiger partial charge in [0.15, 0.2) is 0 Å². The van der Waals surface area contributed by atoms with E-state index < -0.39 is 0 Å². The van der Waals surface area contributed by atoms with Gasteiger partial charge in [0.05, 0.1) is 0 Å². The minimum Gasteiger partial charge on any atom is -0.0646 e. The second-order valence-corrected chi connectivity index (χ2v) is 12.7. The smallest absolute Gasteiger partial charge is 0.00574 e. The molecule has 31 heavy (non-hydrogen) atoms. The fraction of sp³-hybridized carbons (Fsp3) is 0.548. The number of benzene rings is 2. The van der Waals surface area contributed by atoms with Crippen LogP contribution in [-0.2, 0) is 17.3 Å². The van der Waals surface area contributed by atoms with E-state index >= 15 is 0 Å². The zero-order chi connectivity index (χ0) is 22.4. The first kappa shape index (κ1) is 22.4. The molecule has 0 N–H and O–H groups in total. The molecule has 2 aliphatic carbocycles. The maximum atomic E-state index is 2.55. The summed E-state index contributed by atoms with van der Waals surface area (Å²) in [6.45, 7) is 16.5. The van der Waals surface area contributed by atoms with E-state index in [1.54, 1.807) is 5.57 Å². The molecule has 1 fully saturated rings. The van der Waals surface area contributed by atoms with Gasteiger partial charge in [-0.05, 0) is 75.3 Å². The topological polar surface area (TPSA) is 0 Å². The summed E-state index contributed by atoms with van der Waals surface area (Å²) in [7, 11) is 0. The molecule has 0 heteroatoms. The Hall–Kier alpha value is -1.82. The second-order valence-electron chi connectivity index (χ2n) is 12.7. The van der Waals surface area contributed by atoms with Gasteiger partial charge in [-0.1, -0.05) is 116 Å². The molecule has 1 saturated carbocycles. The van der Waals surface area contributed by atoms with Gasteiger partial charge in [0.25, 0.3) is 0 Å². The van der Waals surface area contributed by atoms with E-state index in [4.69, 9.17) is 0 Å². The van der Waals surface area contributed by atoms with Crippen molar-refractivity contribution in [3.05, 3.63) is 64.2 Å². The summed E-state index contributed by atoms with van der Waals surface area (Å²) in [5, 5.41) is 0. The Labute approximate surface area is 191 Å². The molecule has 0 bridgehead atoms. The molecule has 2 aliphatic rings. The van der Waals surface area contributed by atoms with Crippen LogP contribution in [0.25, 0.3) is 17.2 Å². The Bertz CT molecular complexity index is 949. The van der Waals surface area contributed by atoms with E-state index in [-0.39, 0.29) is 10.8 Å². The summed E-state index contributed by atoms with van der Waals surface area (Å²) < 4.78 is 0. The zero-order valence-electron chi connectivity index (χ0n) is 21.0. The van der Waals surface area contributed by atoms with Crippen molar-refractivity contribution < 1.29 is 0 Å². The quantitative estimate of drug-likeness (QED) is 0.469. The van der Waals surface area contributed by atoms with Gasteiger partial charge in [-0.15, -0.1) is 0 Å². The van der Waals surface area contributed by atoms with E-state index in [2.05, 4.69) is 90.9 Å². The Morgan fingerprint density at radius 3 is 2.00 bits per heavy atom. The molecule has 0 aliphatic heterocycles. The lowest BCUT2D eigenvalue weighted by Gasteiger charge is -2.34. The lowest BCUT2D eigenvalue weighted by Crippen LogP contribution is -2.20. The van der Waals surface area contributed by atoms with Crippen molar-refractivity contribution in [2.24, 2.45) is 5.41 Å². The highest BCUT2D eigenvalue weighted by molar-refractivity contribution is 5.81. The van der Waals surface area contributed by atoms with Crippen LogP contribution in [0.1, 0.15) is 109 Å². The molecular formula is C31H42. The molecule has 0 spiro atoms. The van der Waals surface area contributed by atoms with Crippen molar-refractivity contribution in [3.8, 4) is 11.1 Å². The molecular weight excluding hydrogens is 372 g/mol. The maximum Gasteiger partial charge on any atom is -0.00574 e. The summed E-state index contributed by atoms with van der Waals surface area (Å²) in [5.41, 5.74) is 11.1. The van der Waals surface area contributed by atoms with Crippen LogP contribution >= 0.6 is 0 Å². The maximum absolute atomic E-state index is 2.55. The second kappa shape index (κ2) is 7.95. The number of hydrogen-bond donors (Lipinski definition) is 0. The highest BCUT2D eigenvalue weighted by Crippen LogP contribution is 2.45. The molecule has 4 rings (SSSR count). The van der Waals surface area contributed by atoms with Crippen LogP contribution in [0.2, 0.25) is 0 Å². The van der Waals surface area contributed by atoms with E-state index in [1.807, 2.05) is 0 Å². The van der Waals surface area contributed by atoms with Crippen LogP contribution in [-0.4, -0.2) is 0 Å².